The van der Waals surface area contributed by atoms with Crippen molar-refractivity contribution < 1.29 is 4.39 Å². The average molecular weight is 175 g/mol. The van der Waals surface area contributed by atoms with Crippen molar-refractivity contribution >= 4 is 10.8 Å². The van der Waals surface area contributed by atoms with Crippen LogP contribution in [0.25, 0.3) is 10.8 Å². The van der Waals surface area contributed by atoms with E-state index in [1.165, 1.54) is 11.8 Å². The third-order valence-electron chi connectivity index (χ3n) is 2.19. The molecule has 0 aliphatic carbocycles. The molecule has 1 aromatic carbocycles. The van der Waals surface area contributed by atoms with E-state index in [0.29, 0.717) is 5.39 Å². The van der Waals surface area contributed by atoms with Crippen LogP contribution in [-0.2, 0) is 6.42 Å². The van der Waals surface area contributed by atoms with Crippen molar-refractivity contribution in [3.05, 3.63) is 42.0 Å². The monoisotopic (exact) mass is 175 g/mol. The van der Waals surface area contributed by atoms with Crippen molar-refractivity contribution in [2.75, 3.05) is 0 Å². The van der Waals surface area contributed by atoms with Crippen LogP contribution in [0.2, 0.25) is 0 Å². The Morgan fingerprint density at radius 2 is 2.15 bits per heavy atom. The largest absolute Gasteiger partial charge is 0.228 e. The molecule has 1 nitrogen and oxygen atoms in total. The predicted molar refractivity (Wildman–Crippen MR) is 51.1 cm³/mol. The maximum atomic E-state index is 13.1. The minimum atomic E-state index is -0.389. The topological polar surface area (TPSA) is 12.9 Å². The second-order valence-corrected chi connectivity index (χ2v) is 3.01. The number of rotatable bonds is 1. The molecule has 0 saturated heterocycles. The molecule has 0 atom stereocenters. The average Bonchev–Trinajstić information content (AvgIpc) is 2.18. The van der Waals surface area contributed by atoms with Gasteiger partial charge in [0.1, 0.15) is 0 Å². The molecule has 0 aliphatic heterocycles. The predicted octanol–water partition coefficient (Wildman–Crippen LogP) is 2.94. The first kappa shape index (κ1) is 8.17. The summed E-state index contributed by atoms with van der Waals surface area (Å²) < 4.78 is 13.1. The van der Waals surface area contributed by atoms with E-state index in [9.17, 15) is 4.39 Å². The Balaban J connectivity index is 2.72. The Kier molecular flexibility index (Phi) is 1.97. The van der Waals surface area contributed by atoms with E-state index in [1.807, 2.05) is 18.2 Å². The van der Waals surface area contributed by atoms with E-state index in [2.05, 4.69) is 11.9 Å². The highest BCUT2D eigenvalue weighted by molar-refractivity contribution is 5.82. The van der Waals surface area contributed by atoms with Crippen LogP contribution < -0.4 is 0 Å². The number of aryl methyl sites for hydroxylation is 1. The molecule has 0 saturated carbocycles. The van der Waals surface area contributed by atoms with Crippen molar-refractivity contribution in [3.63, 3.8) is 0 Å². The van der Waals surface area contributed by atoms with E-state index < -0.39 is 0 Å². The number of nitrogens with zero attached hydrogens (tertiary/aromatic N) is 1. The van der Waals surface area contributed by atoms with Crippen molar-refractivity contribution in [1.29, 1.82) is 0 Å². The fraction of sp³-hybridized carbons (Fsp3) is 0.182. The molecule has 0 spiro atoms. The summed E-state index contributed by atoms with van der Waals surface area (Å²) in [7, 11) is 0. The Morgan fingerprint density at radius 1 is 1.31 bits per heavy atom. The molecule has 0 unspecified atom stereocenters. The second kappa shape index (κ2) is 3.13. The normalized spacial score (nSPS) is 10.6. The van der Waals surface area contributed by atoms with Gasteiger partial charge in [0.25, 0.3) is 0 Å². The fourth-order valence-corrected chi connectivity index (χ4v) is 1.41. The van der Waals surface area contributed by atoms with Crippen molar-refractivity contribution in [2.24, 2.45) is 0 Å². The van der Waals surface area contributed by atoms with Crippen molar-refractivity contribution in [1.82, 2.24) is 4.98 Å². The first-order valence-electron chi connectivity index (χ1n) is 4.34. The lowest BCUT2D eigenvalue weighted by Crippen LogP contribution is -1.86. The molecule has 2 heteroatoms. The Morgan fingerprint density at radius 3 is 2.92 bits per heavy atom. The summed E-state index contributed by atoms with van der Waals surface area (Å²) in [5.41, 5.74) is 1.22. The van der Waals surface area contributed by atoms with Gasteiger partial charge in [-0.1, -0.05) is 19.1 Å². The SMILES string of the molecule is CCc1ccc2c(F)nccc2c1. The minimum absolute atomic E-state index is 0.389. The van der Waals surface area contributed by atoms with Crippen LogP contribution in [0, 0.1) is 5.95 Å². The Hall–Kier alpha value is -1.44. The lowest BCUT2D eigenvalue weighted by molar-refractivity contribution is 0.597. The standard InChI is InChI=1S/C11H10FN/c1-2-8-3-4-10-9(7-8)5-6-13-11(10)12/h3-7H,2H2,1H3. The van der Waals surface area contributed by atoms with Crippen LogP contribution in [0.15, 0.2) is 30.5 Å². The molecule has 13 heavy (non-hydrogen) atoms. The summed E-state index contributed by atoms with van der Waals surface area (Å²) in [5, 5.41) is 1.52. The number of aromatic nitrogens is 1. The lowest BCUT2D eigenvalue weighted by Gasteiger charge is -2.00. The van der Waals surface area contributed by atoms with Gasteiger partial charge in [-0.25, -0.2) is 4.98 Å². The molecular formula is C11H10FN. The summed E-state index contributed by atoms with van der Waals surface area (Å²) in [6.07, 6.45) is 2.47. The van der Waals surface area contributed by atoms with Gasteiger partial charge in [-0.15, -0.1) is 0 Å². The maximum Gasteiger partial charge on any atom is 0.220 e. The van der Waals surface area contributed by atoms with Gasteiger partial charge in [-0.3, -0.25) is 0 Å². The zero-order chi connectivity index (χ0) is 9.26. The number of halogens is 1. The summed E-state index contributed by atoms with van der Waals surface area (Å²) in [5.74, 6) is -0.389. The van der Waals surface area contributed by atoms with Crippen molar-refractivity contribution in [2.45, 2.75) is 13.3 Å². The highest BCUT2D eigenvalue weighted by Gasteiger charge is 2.00. The van der Waals surface area contributed by atoms with Crippen molar-refractivity contribution in [3.8, 4) is 0 Å². The van der Waals surface area contributed by atoms with Gasteiger partial charge in [0.05, 0.1) is 0 Å². The molecule has 0 aliphatic rings. The molecule has 2 rings (SSSR count). The summed E-state index contributed by atoms with van der Waals surface area (Å²) in [4.78, 5) is 3.60. The van der Waals surface area contributed by atoms with E-state index in [4.69, 9.17) is 0 Å². The lowest BCUT2D eigenvalue weighted by atomic mass is 10.1. The second-order valence-electron chi connectivity index (χ2n) is 3.01. The van der Waals surface area contributed by atoms with E-state index >= 15 is 0 Å². The number of hydrogen-bond acceptors (Lipinski definition) is 1. The number of pyridine rings is 1. The smallest absolute Gasteiger partial charge is 0.220 e. The number of hydrogen-bond donors (Lipinski definition) is 0. The van der Waals surface area contributed by atoms with Crippen LogP contribution in [0.1, 0.15) is 12.5 Å². The third kappa shape index (κ3) is 1.39. The molecule has 0 radical (unpaired) electrons. The molecule has 0 bridgehead atoms. The van der Waals surface area contributed by atoms with Gasteiger partial charge >= 0.3 is 0 Å². The van der Waals surface area contributed by atoms with Crippen LogP contribution in [0.4, 0.5) is 4.39 Å². The highest BCUT2D eigenvalue weighted by Crippen LogP contribution is 2.17. The quantitative estimate of drug-likeness (QED) is 0.607. The third-order valence-corrected chi connectivity index (χ3v) is 2.19. The Labute approximate surface area is 76.2 Å². The van der Waals surface area contributed by atoms with Crippen LogP contribution in [0.5, 0.6) is 0 Å². The van der Waals surface area contributed by atoms with Gasteiger partial charge in [0, 0.05) is 11.6 Å². The Bertz CT molecular complexity index is 437. The highest BCUT2D eigenvalue weighted by atomic mass is 19.1. The van der Waals surface area contributed by atoms with Crippen LogP contribution in [0.3, 0.4) is 0 Å². The first-order valence-corrected chi connectivity index (χ1v) is 4.34. The van der Waals surface area contributed by atoms with E-state index in [1.54, 1.807) is 6.07 Å². The molecular weight excluding hydrogens is 165 g/mol. The number of fused-ring (bicyclic) bond motifs is 1. The molecule has 2 aromatic rings. The zero-order valence-corrected chi connectivity index (χ0v) is 7.42. The van der Waals surface area contributed by atoms with E-state index in [-0.39, 0.29) is 5.95 Å². The van der Waals surface area contributed by atoms with Crippen LogP contribution >= 0.6 is 0 Å². The molecule has 1 heterocycles. The summed E-state index contributed by atoms with van der Waals surface area (Å²) in [6, 6.07) is 7.56. The van der Waals surface area contributed by atoms with Gasteiger partial charge in [-0.2, -0.15) is 4.39 Å². The molecule has 0 amide bonds. The van der Waals surface area contributed by atoms with Gasteiger partial charge in [-0.05, 0) is 29.5 Å². The minimum Gasteiger partial charge on any atom is -0.228 e. The zero-order valence-electron chi connectivity index (χ0n) is 7.42. The van der Waals surface area contributed by atoms with Crippen LogP contribution in [-0.4, -0.2) is 4.98 Å². The maximum absolute atomic E-state index is 13.1. The van der Waals surface area contributed by atoms with Gasteiger partial charge in [0.15, 0.2) is 0 Å². The molecule has 0 fully saturated rings. The molecule has 66 valence electrons. The van der Waals surface area contributed by atoms with Gasteiger partial charge < -0.3 is 0 Å². The first-order chi connectivity index (χ1) is 6.31. The summed E-state index contributed by atoms with van der Waals surface area (Å²) in [6.45, 7) is 2.08. The fourth-order valence-electron chi connectivity index (χ4n) is 1.41. The number of benzene rings is 1. The molecule has 1 aromatic heterocycles. The van der Waals surface area contributed by atoms with Gasteiger partial charge in [0.2, 0.25) is 5.95 Å². The summed E-state index contributed by atoms with van der Waals surface area (Å²) >= 11 is 0. The molecule has 0 N–H and O–H groups in total. The van der Waals surface area contributed by atoms with E-state index in [0.717, 1.165) is 11.8 Å².